The molecule has 1 unspecified atom stereocenters. The fourth-order valence-corrected chi connectivity index (χ4v) is 3.40. The number of carbonyl (C=O) groups excluding carboxylic acids is 1. The lowest BCUT2D eigenvalue weighted by molar-refractivity contribution is 0.0940. The van der Waals surface area contributed by atoms with E-state index in [1.165, 1.54) is 4.57 Å². The minimum absolute atomic E-state index is 0.191. The SMILES string of the molecule is COc1cccc(C(C)NC(=O)c2ccc(-c3nc4cccnc4n(C)c3=O)cc2)c1. The number of aromatic nitrogens is 3. The van der Waals surface area contributed by atoms with Gasteiger partial charge in [-0.25, -0.2) is 9.97 Å². The Hall–Kier alpha value is -4.00. The quantitative estimate of drug-likeness (QED) is 0.540. The first-order valence-electron chi connectivity index (χ1n) is 9.85. The standard InChI is InChI=1S/C24H22N4O3/c1-15(18-6-4-7-19(14-18)31-3)26-23(29)17-11-9-16(10-12-17)21-24(30)28(2)22-20(27-21)8-5-13-25-22/h4-15H,1-3H3,(H,26,29). The van der Waals surface area contributed by atoms with Crippen LogP contribution in [0.2, 0.25) is 0 Å². The lowest BCUT2D eigenvalue weighted by Gasteiger charge is -2.15. The molecule has 4 rings (SSSR count). The number of benzene rings is 2. The Morgan fingerprint density at radius 2 is 1.87 bits per heavy atom. The van der Waals surface area contributed by atoms with Gasteiger partial charge in [-0.1, -0.05) is 24.3 Å². The van der Waals surface area contributed by atoms with Crippen LogP contribution in [0.5, 0.6) is 5.75 Å². The zero-order chi connectivity index (χ0) is 22.0. The highest BCUT2D eigenvalue weighted by atomic mass is 16.5. The van der Waals surface area contributed by atoms with Gasteiger partial charge in [-0.15, -0.1) is 0 Å². The summed E-state index contributed by atoms with van der Waals surface area (Å²) >= 11 is 0. The highest BCUT2D eigenvalue weighted by Crippen LogP contribution is 2.20. The van der Waals surface area contributed by atoms with Crippen LogP contribution in [0.15, 0.2) is 71.7 Å². The summed E-state index contributed by atoms with van der Waals surface area (Å²) in [4.78, 5) is 34.1. The fraction of sp³-hybridized carbons (Fsp3) is 0.167. The first-order chi connectivity index (χ1) is 15.0. The van der Waals surface area contributed by atoms with Gasteiger partial charge in [-0.3, -0.25) is 14.2 Å². The fourth-order valence-electron chi connectivity index (χ4n) is 3.40. The van der Waals surface area contributed by atoms with Crippen LogP contribution in [0.4, 0.5) is 0 Å². The Morgan fingerprint density at radius 3 is 2.61 bits per heavy atom. The van der Waals surface area contributed by atoms with Crippen molar-refractivity contribution in [3.05, 3.63) is 88.3 Å². The van der Waals surface area contributed by atoms with Crippen molar-refractivity contribution in [3.63, 3.8) is 0 Å². The monoisotopic (exact) mass is 414 g/mol. The molecule has 1 N–H and O–H groups in total. The minimum Gasteiger partial charge on any atom is -0.497 e. The summed E-state index contributed by atoms with van der Waals surface area (Å²) in [5, 5.41) is 2.98. The molecule has 7 heteroatoms. The van der Waals surface area contributed by atoms with E-state index >= 15 is 0 Å². The summed E-state index contributed by atoms with van der Waals surface area (Å²) < 4.78 is 6.73. The second-order valence-corrected chi connectivity index (χ2v) is 7.22. The van der Waals surface area contributed by atoms with E-state index in [0.717, 1.165) is 11.3 Å². The maximum Gasteiger partial charge on any atom is 0.278 e. The van der Waals surface area contributed by atoms with Gasteiger partial charge in [0.1, 0.15) is 17.0 Å². The van der Waals surface area contributed by atoms with E-state index in [0.29, 0.717) is 28.0 Å². The number of nitrogens with zero attached hydrogens (tertiary/aromatic N) is 3. The Morgan fingerprint density at radius 1 is 1.10 bits per heavy atom. The predicted molar refractivity (Wildman–Crippen MR) is 119 cm³/mol. The second-order valence-electron chi connectivity index (χ2n) is 7.22. The zero-order valence-corrected chi connectivity index (χ0v) is 17.5. The van der Waals surface area contributed by atoms with E-state index < -0.39 is 0 Å². The van der Waals surface area contributed by atoms with Crippen molar-refractivity contribution in [1.82, 2.24) is 19.9 Å². The van der Waals surface area contributed by atoms with Crippen LogP contribution in [0, 0.1) is 0 Å². The first-order valence-corrected chi connectivity index (χ1v) is 9.85. The summed E-state index contributed by atoms with van der Waals surface area (Å²) in [6.45, 7) is 1.91. The third kappa shape index (κ3) is 4.02. The second kappa shape index (κ2) is 8.39. The van der Waals surface area contributed by atoms with Gasteiger partial charge in [0.05, 0.1) is 13.2 Å². The predicted octanol–water partition coefficient (Wildman–Crippen LogP) is 3.50. The molecule has 0 radical (unpaired) electrons. The molecule has 0 saturated heterocycles. The minimum atomic E-state index is -0.241. The molecule has 4 aromatic rings. The van der Waals surface area contributed by atoms with Gasteiger partial charge < -0.3 is 10.1 Å². The van der Waals surface area contributed by atoms with Crippen molar-refractivity contribution >= 4 is 17.1 Å². The Labute approximate surface area is 179 Å². The normalized spacial score (nSPS) is 11.8. The number of hydrogen-bond donors (Lipinski definition) is 1. The van der Waals surface area contributed by atoms with Gasteiger partial charge in [-0.2, -0.15) is 0 Å². The average Bonchev–Trinajstić information content (AvgIpc) is 2.81. The molecule has 0 saturated carbocycles. The van der Waals surface area contributed by atoms with Gasteiger partial charge in [0.25, 0.3) is 11.5 Å². The molecule has 2 heterocycles. The summed E-state index contributed by atoms with van der Waals surface area (Å²) in [7, 11) is 3.28. The van der Waals surface area contributed by atoms with Crippen molar-refractivity contribution in [3.8, 4) is 17.0 Å². The van der Waals surface area contributed by atoms with Crippen molar-refractivity contribution < 1.29 is 9.53 Å². The van der Waals surface area contributed by atoms with Crippen LogP contribution in [-0.2, 0) is 7.05 Å². The molecule has 2 aromatic carbocycles. The number of ether oxygens (including phenoxy) is 1. The molecule has 0 spiro atoms. The molecule has 7 nitrogen and oxygen atoms in total. The number of carbonyl (C=O) groups is 1. The van der Waals surface area contributed by atoms with Gasteiger partial charge in [0.2, 0.25) is 0 Å². The van der Waals surface area contributed by atoms with E-state index in [2.05, 4.69) is 15.3 Å². The number of pyridine rings is 1. The van der Waals surface area contributed by atoms with Crippen LogP contribution >= 0.6 is 0 Å². The Bertz CT molecular complexity index is 1310. The van der Waals surface area contributed by atoms with Crippen LogP contribution in [0.3, 0.4) is 0 Å². The summed E-state index contributed by atoms with van der Waals surface area (Å²) in [5.74, 6) is 0.535. The van der Waals surface area contributed by atoms with Gasteiger partial charge >= 0.3 is 0 Å². The molecule has 0 aliphatic heterocycles. The number of rotatable bonds is 5. The number of fused-ring (bicyclic) bond motifs is 1. The molecule has 0 fully saturated rings. The van der Waals surface area contributed by atoms with E-state index in [9.17, 15) is 9.59 Å². The molecular weight excluding hydrogens is 392 g/mol. The molecule has 31 heavy (non-hydrogen) atoms. The lowest BCUT2D eigenvalue weighted by atomic mass is 10.1. The third-order valence-corrected chi connectivity index (χ3v) is 5.19. The van der Waals surface area contributed by atoms with E-state index in [-0.39, 0.29) is 17.5 Å². The maximum absolute atomic E-state index is 12.7. The molecule has 0 aliphatic carbocycles. The number of hydrogen-bond acceptors (Lipinski definition) is 5. The average molecular weight is 414 g/mol. The largest absolute Gasteiger partial charge is 0.497 e. The zero-order valence-electron chi connectivity index (χ0n) is 17.5. The van der Waals surface area contributed by atoms with Crippen molar-refractivity contribution in [2.75, 3.05) is 7.11 Å². The summed E-state index contributed by atoms with van der Waals surface area (Å²) in [5.41, 5.74) is 3.32. The van der Waals surface area contributed by atoms with Gasteiger partial charge in [0.15, 0.2) is 5.65 Å². The Balaban J connectivity index is 1.57. The number of amides is 1. The van der Waals surface area contributed by atoms with Crippen LogP contribution in [0.1, 0.15) is 28.9 Å². The number of methoxy groups -OCH3 is 1. The van der Waals surface area contributed by atoms with Crippen molar-refractivity contribution in [2.24, 2.45) is 7.05 Å². The Kier molecular flexibility index (Phi) is 5.49. The molecular formula is C24H22N4O3. The molecule has 156 valence electrons. The first kappa shape index (κ1) is 20.3. The van der Waals surface area contributed by atoms with Crippen molar-refractivity contribution in [2.45, 2.75) is 13.0 Å². The molecule has 0 bridgehead atoms. The molecule has 0 aliphatic rings. The van der Waals surface area contributed by atoms with E-state index in [1.807, 2.05) is 37.3 Å². The van der Waals surface area contributed by atoms with Gasteiger partial charge in [0, 0.05) is 24.4 Å². The highest BCUT2D eigenvalue weighted by molar-refractivity contribution is 5.95. The molecule has 1 amide bonds. The van der Waals surface area contributed by atoms with Crippen molar-refractivity contribution in [1.29, 1.82) is 0 Å². The van der Waals surface area contributed by atoms with Crippen LogP contribution < -0.4 is 15.6 Å². The maximum atomic E-state index is 12.7. The molecule has 2 aromatic heterocycles. The lowest BCUT2D eigenvalue weighted by Crippen LogP contribution is -2.26. The van der Waals surface area contributed by atoms with Crippen LogP contribution in [0.25, 0.3) is 22.4 Å². The topological polar surface area (TPSA) is 86.1 Å². The molecule has 1 atom stereocenters. The summed E-state index contributed by atoms with van der Waals surface area (Å²) in [6.07, 6.45) is 1.63. The van der Waals surface area contributed by atoms with E-state index in [1.54, 1.807) is 50.7 Å². The van der Waals surface area contributed by atoms with Crippen LogP contribution in [-0.4, -0.2) is 27.6 Å². The van der Waals surface area contributed by atoms with Gasteiger partial charge in [-0.05, 0) is 48.9 Å². The third-order valence-electron chi connectivity index (χ3n) is 5.19. The highest BCUT2D eigenvalue weighted by Gasteiger charge is 2.14. The smallest absolute Gasteiger partial charge is 0.278 e. The number of aryl methyl sites for hydroxylation is 1. The summed E-state index contributed by atoms with van der Waals surface area (Å²) in [6, 6.07) is 17.8. The van der Waals surface area contributed by atoms with E-state index in [4.69, 9.17) is 4.74 Å². The number of nitrogens with one attached hydrogen (secondary N) is 1.